The number of carbonyl (C=O) groups is 1. The van der Waals surface area contributed by atoms with Crippen LogP contribution in [-0.4, -0.2) is 35.2 Å². The van der Waals surface area contributed by atoms with Gasteiger partial charge in [-0.3, -0.25) is 0 Å². The third kappa shape index (κ3) is 3.31. The number of likely N-dealkylation sites (tertiary alicyclic amines) is 1. The number of benzene rings is 1. The Balaban J connectivity index is 2.05. The molecule has 0 aliphatic carbocycles. The molecular weight excluding hydrogens is 252 g/mol. The normalized spacial score (nSPS) is 20.6. The minimum Gasteiger partial charge on any atom is -0.393 e. The van der Waals surface area contributed by atoms with Gasteiger partial charge in [0.1, 0.15) is 0 Å². The molecule has 1 aromatic carbocycles. The average molecular weight is 276 g/mol. The van der Waals surface area contributed by atoms with Crippen LogP contribution in [-0.2, 0) is 0 Å². The molecule has 4 nitrogen and oxygen atoms in total. The molecule has 1 aromatic rings. The molecule has 4 heteroatoms. The van der Waals surface area contributed by atoms with Crippen molar-refractivity contribution in [1.82, 2.24) is 4.90 Å². The van der Waals surface area contributed by atoms with Crippen LogP contribution in [0.5, 0.6) is 0 Å². The summed E-state index contributed by atoms with van der Waals surface area (Å²) < 4.78 is 0. The maximum absolute atomic E-state index is 12.4. The highest BCUT2D eigenvalue weighted by atomic mass is 16.3. The Bertz CT molecular complexity index is 465. The van der Waals surface area contributed by atoms with Gasteiger partial charge in [0, 0.05) is 24.7 Å². The van der Waals surface area contributed by atoms with E-state index >= 15 is 0 Å². The molecular formula is C16H24N2O2. The number of hydrogen-bond acceptors (Lipinski definition) is 2. The van der Waals surface area contributed by atoms with Gasteiger partial charge in [-0.25, -0.2) is 4.79 Å². The third-order valence-corrected chi connectivity index (χ3v) is 4.14. The van der Waals surface area contributed by atoms with Crippen molar-refractivity contribution in [1.29, 1.82) is 0 Å². The van der Waals surface area contributed by atoms with Gasteiger partial charge >= 0.3 is 6.03 Å². The molecule has 0 bridgehead atoms. The van der Waals surface area contributed by atoms with Gasteiger partial charge in [0.25, 0.3) is 0 Å². The van der Waals surface area contributed by atoms with E-state index in [4.69, 9.17) is 0 Å². The Hall–Kier alpha value is -1.55. The summed E-state index contributed by atoms with van der Waals surface area (Å²) in [6.07, 6.45) is 1.59. The second kappa shape index (κ2) is 6.27. The molecule has 1 fully saturated rings. The highest BCUT2D eigenvalue weighted by molar-refractivity contribution is 5.91. The second-order valence-corrected chi connectivity index (χ2v) is 5.79. The van der Waals surface area contributed by atoms with Crippen LogP contribution in [0, 0.1) is 19.8 Å². The lowest BCUT2D eigenvalue weighted by atomic mass is 9.94. The molecule has 110 valence electrons. The highest BCUT2D eigenvalue weighted by Crippen LogP contribution is 2.23. The number of carbonyl (C=O) groups excluding carboxylic acids is 1. The minimum absolute atomic E-state index is 0.0623. The number of nitrogens with one attached hydrogen (secondary N) is 1. The van der Waals surface area contributed by atoms with E-state index in [0.717, 1.165) is 36.2 Å². The number of aliphatic hydroxyl groups excluding tert-OH is 1. The Labute approximate surface area is 120 Å². The Morgan fingerprint density at radius 1 is 1.40 bits per heavy atom. The van der Waals surface area contributed by atoms with Gasteiger partial charge in [0.05, 0.1) is 6.10 Å². The number of para-hydroxylation sites is 1. The van der Waals surface area contributed by atoms with Crippen LogP contribution in [0.3, 0.4) is 0 Å². The number of rotatable bonds is 2. The number of urea groups is 1. The van der Waals surface area contributed by atoms with Crippen LogP contribution < -0.4 is 5.32 Å². The predicted octanol–water partition coefficient (Wildman–Crippen LogP) is 2.93. The van der Waals surface area contributed by atoms with Gasteiger partial charge < -0.3 is 15.3 Å². The van der Waals surface area contributed by atoms with Crippen molar-refractivity contribution < 1.29 is 9.90 Å². The molecule has 1 aliphatic heterocycles. The van der Waals surface area contributed by atoms with Crippen LogP contribution in [0.4, 0.5) is 10.5 Å². The molecule has 20 heavy (non-hydrogen) atoms. The number of amides is 2. The third-order valence-electron chi connectivity index (χ3n) is 4.14. The Morgan fingerprint density at radius 2 is 2.05 bits per heavy atom. The molecule has 0 spiro atoms. The lowest BCUT2D eigenvalue weighted by Gasteiger charge is -2.34. The topological polar surface area (TPSA) is 52.6 Å². The molecule has 1 heterocycles. The smallest absolute Gasteiger partial charge is 0.321 e. The van der Waals surface area contributed by atoms with Crippen molar-refractivity contribution >= 4 is 11.7 Å². The fourth-order valence-corrected chi connectivity index (χ4v) is 2.79. The number of hydrogen-bond donors (Lipinski definition) is 2. The summed E-state index contributed by atoms with van der Waals surface area (Å²) in [5.41, 5.74) is 3.04. The summed E-state index contributed by atoms with van der Waals surface area (Å²) >= 11 is 0. The van der Waals surface area contributed by atoms with E-state index in [1.165, 1.54) is 0 Å². The molecule has 2 amide bonds. The number of aliphatic hydroxyl groups is 1. The lowest BCUT2D eigenvalue weighted by Crippen LogP contribution is -2.45. The van der Waals surface area contributed by atoms with E-state index < -0.39 is 0 Å². The molecule has 2 N–H and O–H groups in total. The van der Waals surface area contributed by atoms with E-state index in [1.807, 2.05) is 36.9 Å². The molecule has 2 unspecified atom stereocenters. The van der Waals surface area contributed by atoms with Crippen LogP contribution in [0.2, 0.25) is 0 Å². The maximum Gasteiger partial charge on any atom is 0.321 e. The van der Waals surface area contributed by atoms with Crippen molar-refractivity contribution in [2.75, 3.05) is 18.4 Å². The molecule has 1 saturated heterocycles. The van der Waals surface area contributed by atoms with Crippen molar-refractivity contribution in [3.63, 3.8) is 0 Å². The van der Waals surface area contributed by atoms with Crippen molar-refractivity contribution in [3.8, 4) is 0 Å². The molecule has 2 atom stereocenters. The first kappa shape index (κ1) is 14.9. The summed E-state index contributed by atoms with van der Waals surface area (Å²) in [5.74, 6) is 0.187. The van der Waals surface area contributed by atoms with E-state index in [0.29, 0.717) is 6.54 Å². The van der Waals surface area contributed by atoms with Gasteiger partial charge in [-0.05, 0) is 44.7 Å². The van der Waals surface area contributed by atoms with E-state index in [9.17, 15) is 9.90 Å². The Kier molecular flexibility index (Phi) is 4.65. The summed E-state index contributed by atoms with van der Waals surface area (Å²) in [6.45, 7) is 7.20. The molecule has 0 saturated carbocycles. The van der Waals surface area contributed by atoms with Crippen LogP contribution in [0.25, 0.3) is 0 Å². The second-order valence-electron chi connectivity index (χ2n) is 5.79. The highest BCUT2D eigenvalue weighted by Gasteiger charge is 2.26. The SMILES string of the molecule is Cc1cccc(C)c1NC(=O)N1CCCC(C(C)O)C1. The maximum atomic E-state index is 12.4. The zero-order valence-corrected chi connectivity index (χ0v) is 12.5. The monoisotopic (exact) mass is 276 g/mol. The van der Waals surface area contributed by atoms with Crippen LogP contribution in [0.15, 0.2) is 18.2 Å². The van der Waals surface area contributed by atoms with Crippen molar-refractivity contribution in [3.05, 3.63) is 29.3 Å². The first-order valence-corrected chi connectivity index (χ1v) is 7.29. The quantitative estimate of drug-likeness (QED) is 0.872. The van der Waals surface area contributed by atoms with Crippen molar-refractivity contribution in [2.24, 2.45) is 5.92 Å². The average Bonchev–Trinajstić information content (AvgIpc) is 2.43. The number of anilines is 1. The van der Waals surface area contributed by atoms with Crippen LogP contribution in [0.1, 0.15) is 30.9 Å². The zero-order valence-electron chi connectivity index (χ0n) is 12.5. The van der Waals surface area contributed by atoms with Crippen molar-refractivity contribution in [2.45, 2.75) is 39.7 Å². The van der Waals surface area contributed by atoms with E-state index in [-0.39, 0.29) is 18.1 Å². The Morgan fingerprint density at radius 3 is 2.65 bits per heavy atom. The summed E-state index contributed by atoms with van der Waals surface area (Å²) in [6, 6.07) is 5.92. The molecule has 2 rings (SSSR count). The number of piperidine rings is 1. The summed E-state index contributed by atoms with van der Waals surface area (Å²) in [5, 5.41) is 12.7. The minimum atomic E-state index is -0.356. The standard InChI is InChI=1S/C16H24N2O2/c1-11-6-4-7-12(2)15(11)17-16(20)18-9-5-8-14(10-18)13(3)19/h4,6-7,13-14,19H,5,8-10H2,1-3H3,(H,17,20). The van der Waals surface area contributed by atoms with Gasteiger partial charge in [-0.1, -0.05) is 18.2 Å². The van der Waals surface area contributed by atoms with Gasteiger partial charge in [-0.2, -0.15) is 0 Å². The number of aryl methyl sites for hydroxylation is 2. The zero-order chi connectivity index (χ0) is 14.7. The van der Waals surface area contributed by atoms with E-state index in [1.54, 1.807) is 6.92 Å². The largest absolute Gasteiger partial charge is 0.393 e. The fraction of sp³-hybridized carbons (Fsp3) is 0.562. The van der Waals surface area contributed by atoms with E-state index in [2.05, 4.69) is 5.32 Å². The first-order chi connectivity index (χ1) is 9.49. The fourth-order valence-electron chi connectivity index (χ4n) is 2.79. The molecule has 0 radical (unpaired) electrons. The van der Waals surface area contributed by atoms with Gasteiger partial charge in [0.2, 0.25) is 0 Å². The number of nitrogens with zero attached hydrogens (tertiary/aromatic N) is 1. The van der Waals surface area contributed by atoms with Crippen LogP contribution >= 0.6 is 0 Å². The van der Waals surface area contributed by atoms with Gasteiger partial charge in [0.15, 0.2) is 0 Å². The molecule has 1 aliphatic rings. The summed E-state index contributed by atoms with van der Waals surface area (Å²) in [7, 11) is 0. The predicted molar refractivity (Wildman–Crippen MR) is 80.9 cm³/mol. The lowest BCUT2D eigenvalue weighted by molar-refractivity contribution is 0.0766. The molecule has 0 aromatic heterocycles. The van der Waals surface area contributed by atoms with Gasteiger partial charge in [-0.15, -0.1) is 0 Å². The first-order valence-electron chi connectivity index (χ1n) is 7.29. The summed E-state index contributed by atoms with van der Waals surface area (Å²) in [4.78, 5) is 14.2.